The number of carbonyl (C=O) groups is 1. The molecule has 180 valence electrons. The van der Waals surface area contributed by atoms with Crippen molar-refractivity contribution in [3.8, 4) is 0 Å². The summed E-state index contributed by atoms with van der Waals surface area (Å²) in [6.45, 7) is 10.9. The summed E-state index contributed by atoms with van der Waals surface area (Å²) in [6.07, 6.45) is 4.48. The molecule has 2 aliphatic rings. The highest BCUT2D eigenvalue weighted by Crippen LogP contribution is 2.22. The van der Waals surface area contributed by atoms with Gasteiger partial charge in [0, 0.05) is 81.4 Å². The van der Waals surface area contributed by atoms with Crippen LogP contribution in [0.4, 0.5) is 5.69 Å². The summed E-state index contributed by atoms with van der Waals surface area (Å²) in [5.41, 5.74) is 3.34. The highest BCUT2D eigenvalue weighted by molar-refractivity contribution is 5.94. The van der Waals surface area contributed by atoms with Crippen molar-refractivity contribution in [3.05, 3.63) is 66.4 Å². The molecule has 3 heterocycles. The fourth-order valence-electron chi connectivity index (χ4n) is 5.33. The van der Waals surface area contributed by atoms with Gasteiger partial charge in [-0.2, -0.15) is 0 Å². The molecule has 2 fully saturated rings. The van der Waals surface area contributed by atoms with Crippen LogP contribution in [0.3, 0.4) is 0 Å². The van der Waals surface area contributed by atoms with Crippen molar-refractivity contribution in [1.29, 1.82) is 0 Å². The predicted molar refractivity (Wildman–Crippen MR) is 140 cm³/mol. The highest BCUT2D eigenvalue weighted by atomic mass is 16.2. The van der Waals surface area contributed by atoms with Crippen molar-refractivity contribution in [1.82, 2.24) is 19.7 Å². The Bertz CT molecular complexity index is 1080. The molecule has 0 saturated carbocycles. The number of piperazine rings is 1. The van der Waals surface area contributed by atoms with Crippen molar-refractivity contribution in [2.24, 2.45) is 0 Å². The van der Waals surface area contributed by atoms with Gasteiger partial charge in [0.05, 0.1) is 0 Å². The summed E-state index contributed by atoms with van der Waals surface area (Å²) < 4.78 is 2.34. The van der Waals surface area contributed by atoms with Gasteiger partial charge in [-0.15, -0.1) is 0 Å². The molecule has 0 unspecified atom stereocenters. The number of likely N-dealkylation sites (N-methyl/N-ethyl adjacent to an activating group) is 1. The van der Waals surface area contributed by atoms with Gasteiger partial charge >= 0.3 is 0 Å². The first-order valence-electron chi connectivity index (χ1n) is 12.8. The van der Waals surface area contributed by atoms with Crippen LogP contribution in [-0.2, 0) is 6.54 Å². The SMILES string of the molecule is CCN1CCN(C(=O)c2ccc(N3CCC(NCCn4ccc5ccccc54)CC3)cc2)CC1. The monoisotopic (exact) mass is 459 g/mol. The van der Waals surface area contributed by atoms with Gasteiger partial charge in [0.15, 0.2) is 0 Å². The van der Waals surface area contributed by atoms with Crippen molar-refractivity contribution in [2.45, 2.75) is 32.4 Å². The lowest BCUT2D eigenvalue weighted by Gasteiger charge is -2.35. The molecular formula is C28H37N5O. The number of para-hydroxylation sites is 1. The number of piperidine rings is 1. The molecule has 0 bridgehead atoms. The number of anilines is 1. The van der Waals surface area contributed by atoms with Crippen LogP contribution in [0.2, 0.25) is 0 Å². The van der Waals surface area contributed by atoms with Crippen molar-refractivity contribution >= 4 is 22.5 Å². The minimum atomic E-state index is 0.167. The van der Waals surface area contributed by atoms with E-state index >= 15 is 0 Å². The van der Waals surface area contributed by atoms with Crippen LogP contribution in [0, 0.1) is 0 Å². The van der Waals surface area contributed by atoms with Crippen molar-refractivity contribution in [2.75, 3.05) is 57.3 Å². The number of hydrogen-bond donors (Lipinski definition) is 1. The Morgan fingerprint density at radius 2 is 1.65 bits per heavy atom. The van der Waals surface area contributed by atoms with Crippen LogP contribution >= 0.6 is 0 Å². The van der Waals surface area contributed by atoms with Gasteiger partial charge in [0.1, 0.15) is 0 Å². The molecule has 6 heteroatoms. The number of aromatic nitrogens is 1. The molecule has 3 aromatic rings. The van der Waals surface area contributed by atoms with E-state index in [9.17, 15) is 4.79 Å². The van der Waals surface area contributed by atoms with Gasteiger partial charge in [0.2, 0.25) is 0 Å². The predicted octanol–water partition coefficient (Wildman–Crippen LogP) is 3.68. The van der Waals surface area contributed by atoms with E-state index in [1.54, 1.807) is 0 Å². The zero-order valence-electron chi connectivity index (χ0n) is 20.3. The Hall–Kier alpha value is -2.83. The van der Waals surface area contributed by atoms with E-state index in [-0.39, 0.29) is 5.91 Å². The minimum absolute atomic E-state index is 0.167. The van der Waals surface area contributed by atoms with Crippen LogP contribution in [0.15, 0.2) is 60.8 Å². The summed E-state index contributed by atoms with van der Waals surface area (Å²) in [5.74, 6) is 0.167. The fraction of sp³-hybridized carbons (Fsp3) is 0.464. The Morgan fingerprint density at radius 1 is 0.912 bits per heavy atom. The van der Waals surface area contributed by atoms with E-state index < -0.39 is 0 Å². The van der Waals surface area contributed by atoms with E-state index in [1.165, 1.54) is 16.6 Å². The number of hydrogen-bond acceptors (Lipinski definition) is 4. The second-order valence-electron chi connectivity index (χ2n) is 9.56. The van der Waals surface area contributed by atoms with E-state index in [1.807, 2.05) is 17.0 Å². The Morgan fingerprint density at radius 3 is 2.38 bits per heavy atom. The smallest absolute Gasteiger partial charge is 0.253 e. The number of carbonyl (C=O) groups excluding carboxylic acids is 1. The van der Waals surface area contributed by atoms with Gasteiger partial charge in [-0.25, -0.2) is 0 Å². The number of nitrogens with zero attached hydrogens (tertiary/aromatic N) is 4. The maximum Gasteiger partial charge on any atom is 0.253 e. The third-order valence-corrected chi connectivity index (χ3v) is 7.55. The lowest BCUT2D eigenvalue weighted by Crippen LogP contribution is -2.48. The molecule has 5 rings (SSSR count). The molecule has 2 saturated heterocycles. The van der Waals surface area contributed by atoms with Gasteiger partial charge in [-0.1, -0.05) is 25.1 Å². The van der Waals surface area contributed by atoms with E-state index in [2.05, 4.69) is 75.3 Å². The molecule has 1 amide bonds. The molecular weight excluding hydrogens is 422 g/mol. The second-order valence-corrected chi connectivity index (χ2v) is 9.56. The van der Waals surface area contributed by atoms with Crippen LogP contribution in [0.25, 0.3) is 10.9 Å². The van der Waals surface area contributed by atoms with Crippen molar-refractivity contribution in [3.63, 3.8) is 0 Å². The molecule has 1 aromatic heterocycles. The van der Waals surface area contributed by atoms with Gasteiger partial charge < -0.3 is 24.6 Å². The maximum atomic E-state index is 12.9. The van der Waals surface area contributed by atoms with Crippen molar-refractivity contribution < 1.29 is 4.79 Å². The Kier molecular flexibility index (Phi) is 7.16. The molecule has 0 radical (unpaired) electrons. The molecule has 0 spiro atoms. The average Bonchev–Trinajstić information content (AvgIpc) is 3.32. The third-order valence-electron chi connectivity index (χ3n) is 7.55. The van der Waals surface area contributed by atoms with Gasteiger partial charge in [-0.3, -0.25) is 4.79 Å². The number of amides is 1. The standard InChI is InChI=1S/C28H37N5O/c1-2-30-19-21-33(22-20-30)28(34)24-7-9-26(10-8-24)31-16-12-25(13-17-31)29-14-18-32-15-11-23-5-3-4-6-27(23)32/h3-11,15,25,29H,2,12-14,16-22H2,1H3. The summed E-state index contributed by atoms with van der Waals surface area (Å²) in [7, 11) is 0. The number of nitrogens with one attached hydrogen (secondary N) is 1. The summed E-state index contributed by atoms with van der Waals surface area (Å²) in [5, 5.41) is 5.07. The first-order valence-corrected chi connectivity index (χ1v) is 12.8. The van der Waals surface area contributed by atoms with Gasteiger partial charge in [-0.05, 0) is 61.2 Å². The Balaban J connectivity index is 1.07. The number of fused-ring (bicyclic) bond motifs is 1. The maximum absolute atomic E-state index is 12.9. The first kappa shape index (κ1) is 22.9. The fourth-order valence-corrected chi connectivity index (χ4v) is 5.33. The molecule has 1 N–H and O–H groups in total. The first-order chi connectivity index (χ1) is 16.7. The van der Waals surface area contributed by atoms with E-state index in [0.717, 1.165) is 77.3 Å². The van der Waals surface area contributed by atoms with Crippen LogP contribution in [-0.4, -0.2) is 78.7 Å². The topological polar surface area (TPSA) is 43.8 Å². The summed E-state index contributed by atoms with van der Waals surface area (Å²) in [4.78, 5) is 19.7. The molecule has 6 nitrogen and oxygen atoms in total. The average molecular weight is 460 g/mol. The molecule has 34 heavy (non-hydrogen) atoms. The zero-order chi connectivity index (χ0) is 23.3. The molecule has 0 atom stereocenters. The van der Waals surface area contributed by atoms with E-state index in [0.29, 0.717) is 6.04 Å². The number of rotatable bonds is 7. The van der Waals surface area contributed by atoms with E-state index in [4.69, 9.17) is 0 Å². The molecule has 2 aromatic carbocycles. The largest absolute Gasteiger partial charge is 0.371 e. The van der Waals surface area contributed by atoms with Crippen LogP contribution in [0.1, 0.15) is 30.1 Å². The third kappa shape index (κ3) is 5.13. The summed E-state index contributed by atoms with van der Waals surface area (Å²) in [6, 6.07) is 19.6. The minimum Gasteiger partial charge on any atom is -0.371 e. The highest BCUT2D eigenvalue weighted by Gasteiger charge is 2.22. The zero-order valence-corrected chi connectivity index (χ0v) is 20.3. The molecule has 2 aliphatic heterocycles. The van der Waals surface area contributed by atoms with Gasteiger partial charge in [0.25, 0.3) is 5.91 Å². The number of benzene rings is 2. The quantitative estimate of drug-likeness (QED) is 0.586. The lowest BCUT2D eigenvalue weighted by molar-refractivity contribution is 0.0643. The Labute approximate surface area is 203 Å². The normalized spacial score (nSPS) is 18.0. The lowest BCUT2D eigenvalue weighted by atomic mass is 10.0. The molecule has 0 aliphatic carbocycles. The second kappa shape index (κ2) is 10.6. The van der Waals surface area contributed by atoms with Crippen LogP contribution in [0.5, 0.6) is 0 Å². The van der Waals surface area contributed by atoms with Crippen LogP contribution < -0.4 is 10.2 Å². The summed E-state index contributed by atoms with van der Waals surface area (Å²) >= 11 is 0.